The summed E-state index contributed by atoms with van der Waals surface area (Å²) in [6, 6.07) is 14.4. The highest BCUT2D eigenvalue weighted by Gasteiger charge is 2.14. The number of carbonyl (C=O) groups is 1. The Bertz CT molecular complexity index is 1180. The lowest BCUT2D eigenvalue weighted by Crippen LogP contribution is -2.28. The quantitative estimate of drug-likeness (QED) is 0.378. The molecule has 160 valence electrons. The van der Waals surface area contributed by atoms with E-state index in [1.807, 2.05) is 6.07 Å². The fourth-order valence-electron chi connectivity index (χ4n) is 3.63. The van der Waals surface area contributed by atoms with Gasteiger partial charge in [-0.25, -0.2) is 8.78 Å². The van der Waals surface area contributed by atoms with Crippen molar-refractivity contribution in [3.8, 4) is 11.3 Å². The molecule has 0 saturated carbocycles. The number of fused-ring (bicyclic) bond motifs is 1. The van der Waals surface area contributed by atoms with Gasteiger partial charge < -0.3 is 9.88 Å². The maximum absolute atomic E-state index is 13.3. The number of H-pyrrole nitrogens is 2. The molecule has 0 spiro atoms. The number of aryl methyl sites for hydroxylation is 1. The van der Waals surface area contributed by atoms with Gasteiger partial charge in [0, 0.05) is 35.8 Å². The number of nitrogens with one attached hydrogen (secondary N) is 2. The monoisotopic (exact) mass is 422 g/mol. The maximum atomic E-state index is 13.3. The summed E-state index contributed by atoms with van der Waals surface area (Å²) in [6.45, 7) is 0.645. The molecule has 0 aliphatic carbocycles. The summed E-state index contributed by atoms with van der Waals surface area (Å²) < 4.78 is 26.4. The molecule has 2 aromatic carbocycles. The average Bonchev–Trinajstić information content (AvgIpc) is 3.40. The number of hydrogen-bond acceptors (Lipinski definition) is 2. The van der Waals surface area contributed by atoms with E-state index in [1.54, 1.807) is 36.2 Å². The van der Waals surface area contributed by atoms with Crippen molar-refractivity contribution in [1.29, 1.82) is 0 Å². The Morgan fingerprint density at radius 2 is 1.74 bits per heavy atom. The number of unbranched alkanes of at least 4 members (excludes halogenated alkanes) is 2. The van der Waals surface area contributed by atoms with Gasteiger partial charge in [0.2, 0.25) is 0 Å². The molecule has 0 saturated heterocycles. The molecule has 1 amide bonds. The predicted octanol–water partition coefficient (Wildman–Crippen LogP) is 5.32. The van der Waals surface area contributed by atoms with Crippen LogP contribution >= 0.6 is 0 Å². The number of halogens is 2. The lowest BCUT2D eigenvalue weighted by molar-refractivity contribution is 0.0787. The molecule has 0 atom stereocenters. The third kappa shape index (κ3) is 4.99. The van der Waals surface area contributed by atoms with E-state index in [9.17, 15) is 13.6 Å². The minimum absolute atomic E-state index is 0.103. The lowest BCUT2D eigenvalue weighted by Gasteiger charge is -2.16. The van der Waals surface area contributed by atoms with Crippen LogP contribution in [0, 0.1) is 11.6 Å². The smallest absolute Gasteiger partial charge is 0.270 e. The normalized spacial score (nSPS) is 11.2. The van der Waals surface area contributed by atoms with E-state index in [2.05, 4.69) is 15.2 Å². The number of carbonyl (C=O) groups excluding carboxylic acids is 1. The fraction of sp³-hybridized carbons (Fsp3) is 0.250. The Hall–Kier alpha value is -3.48. The summed E-state index contributed by atoms with van der Waals surface area (Å²) in [5, 5.41) is 8.02. The van der Waals surface area contributed by atoms with Gasteiger partial charge in [-0.1, -0.05) is 6.42 Å². The van der Waals surface area contributed by atoms with Gasteiger partial charge in [0.15, 0.2) is 0 Å². The molecule has 2 aromatic heterocycles. The van der Waals surface area contributed by atoms with Crippen LogP contribution in [-0.2, 0) is 6.42 Å². The summed E-state index contributed by atoms with van der Waals surface area (Å²) >= 11 is 0. The summed E-state index contributed by atoms with van der Waals surface area (Å²) in [5.41, 5.74) is 3.93. The Balaban J connectivity index is 1.22. The standard InChI is InChI=1S/C24H24F2N4O/c1-30(24(31)23-14-17-13-19(26)10-11-21(17)27-23)12-4-2-3-5-20-15-22(29-28-20)16-6-8-18(25)9-7-16/h6-11,13-15,27H,2-5,12H2,1H3,(H,28,29). The van der Waals surface area contributed by atoms with Crippen LogP contribution in [0.25, 0.3) is 22.2 Å². The zero-order chi connectivity index (χ0) is 21.8. The molecule has 0 bridgehead atoms. The van der Waals surface area contributed by atoms with Crippen LogP contribution in [0.5, 0.6) is 0 Å². The Morgan fingerprint density at radius 1 is 0.968 bits per heavy atom. The van der Waals surface area contributed by atoms with E-state index in [0.717, 1.165) is 48.2 Å². The molecule has 2 N–H and O–H groups in total. The first-order valence-electron chi connectivity index (χ1n) is 10.3. The van der Waals surface area contributed by atoms with Gasteiger partial charge in [-0.15, -0.1) is 0 Å². The van der Waals surface area contributed by atoms with Crippen molar-refractivity contribution in [3.63, 3.8) is 0 Å². The summed E-state index contributed by atoms with van der Waals surface area (Å²) in [5.74, 6) is -0.684. The molecule has 0 aliphatic heterocycles. The molecule has 7 heteroatoms. The molecule has 0 aliphatic rings. The molecule has 0 unspecified atom stereocenters. The van der Waals surface area contributed by atoms with Crippen LogP contribution in [0.15, 0.2) is 54.6 Å². The van der Waals surface area contributed by atoms with Crippen molar-refractivity contribution >= 4 is 16.8 Å². The first kappa shape index (κ1) is 20.8. The second-order valence-electron chi connectivity index (χ2n) is 7.74. The number of benzene rings is 2. The lowest BCUT2D eigenvalue weighted by atomic mass is 10.1. The number of hydrogen-bond donors (Lipinski definition) is 2. The van der Waals surface area contributed by atoms with Crippen molar-refractivity contribution in [2.45, 2.75) is 25.7 Å². The van der Waals surface area contributed by atoms with Crippen LogP contribution in [0.2, 0.25) is 0 Å². The molecule has 31 heavy (non-hydrogen) atoms. The van der Waals surface area contributed by atoms with E-state index < -0.39 is 0 Å². The number of aromatic amines is 2. The minimum atomic E-state index is -0.319. The first-order valence-corrected chi connectivity index (χ1v) is 10.3. The first-order chi connectivity index (χ1) is 15.0. The van der Waals surface area contributed by atoms with E-state index in [4.69, 9.17) is 0 Å². The number of rotatable bonds is 8. The zero-order valence-electron chi connectivity index (χ0n) is 17.3. The van der Waals surface area contributed by atoms with Gasteiger partial charge in [0.05, 0.1) is 5.69 Å². The predicted molar refractivity (Wildman–Crippen MR) is 117 cm³/mol. The van der Waals surface area contributed by atoms with Gasteiger partial charge in [-0.2, -0.15) is 5.10 Å². The van der Waals surface area contributed by atoms with Crippen molar-refractivity contribution in [2.24, 2.45) is 0 Å². The third-order valence-electron chi connectivity index (χ3n) is 5.37. The summed E-state index contributed by atoms with van der Waals surface area (Å²) in [7, 11) is 1.78. The molecule has 0 radical (unpaired) electrons. The number of aromatic nitrogens is 3. The number of nitrogens with zero attached hydrogens (tertiary/aromatic N) is 2. The van der Waals surface area contributed by atoms with E-state index in [-0.39, 0.29) is 17.5 Å². The Labute approximate surface area is 179 Å². The van der Waals surface area contributed by atoms with Crippen LogP contribution in [0.4, 0.5) is 8.78 Å². The molecule has 0 fully saturated rings. The molecule has 5 nitrogen and oxygen atoms in total. The molecule has 4 aromatic rings. The molecule has 2 heterocycles. The fourth-order valence-corrected chi connectivity index (χ4v) is 3.63. The van der Waals surface area contributed by atoms with Gasteiger partial charge in [0.1, 0.15) is 17.3 Å². The highest BCUT2D eigenvalue weighted by molar-refractivity contribution is 5.97. The van der Waals surface area contributed by atoms with Crippen molar-refractivity contribution in [3.05, 3.63) is 77.6 Å². The zero-order valence-corrected chi connectivity index (χ0v) is 17.3. The highest BCUT2D eigenvalue weighted by atomic mass is 19.1. The van der Waals surface area contributed by atoms with Gasteiger partial charge in [-0.3, -0.25) is 9.89 Å². The molecule has 4 rings (SSSR count). The maximum Gasteiger partial charge on any atom is 0.270 e. The van der Waals surface area contributed by atoms with Crippen LogP contribution in [0.3, 0.4) is 0 Å². The largest absolute Gasteiger partial charge is 0.351 e. The van der Waals surface area contributed by atoms with Crippen LogP contribution in [-0.4, -0.2) is 39.6 Å². The van der Waals surface area contributed by atoms with E-state index in [1.165, 1.54) is 24.3 Å². The molecular formula is C24H24F2N4O. The second-order valence-corrected chi connectivity index (χ2v) is 7.74. The van der Waals surface area contributed by atoms with E-state index >= 15 is 0 Å². The van der Waals surface area contributed by atoms with Crippen molar-refractivity contribution < 1.29 is 13.6 Å². The summed E-state index contributed by atoms with van der Waals surface area (Å²) in [6.07, 6.45) is 3.69. The van der Waals surface area contributed by atoms with Gasteiger partial charge in [0.25, 0.3) is 5.91 Å². The average molecular weight is 422 g/mol. The van der Waals surface area contributed by atoms with Crippen LogP contribution in [0.1, 0.15) is 35.4 Å². The second kappa shape index (κ2) is 9.12. The van der Waals surface area contributed by atoms with Crippen molar-refractivity contribution in [1.82, 2.24) is 20.1 Å². The topological polar surface area (TPSA) is 64.8 Å². The number of amides is 1. The minimum Gasteiger partial charge on any atom is -0.351 e. The highest BCUT2D eigenvalue weighted by Crippen LogP contribution is 2.20. The SMILES string of the molecule is CN(CCCCCc1cc(-c2ccc(F)cc2)n[nH]1)C(=O)c1cc2cc(F)ccc2[nH]1. The Kier molecular flexibility index (Phi) is 6.11. The molecular weight excluding hydrogens is 398 g/mol. The Morgan fingerprint density at radius 3 is 2.55 bits per heavy atom. The van der Waals surface area contributed by atoms with Crippen LogP contribution < -0.4 is 0 Å². The van der Waals surface area contributed by atoms with E-state index in [0.29, 0.717) is 17.6 Å². The van der Waals surface area contributed by atoms with Gasteiger partial charge in [-0.05, 0) is 73.9 Å². The van der Waals surface area contributed by atoms with Crippen molar-refractivity contribution in [2.75, 3.05) is 13.6 Å². The summed E-state index contributed by atoms with van der Waals surface area (Å²) in [4.78, 5) is 17.3. The third-order valence-corrected chi connectivity index (χ3v) is 5.37. The van der Waals surface area contributed by atoms with Gasteiger partial charge >= 0.3 is 0 Å².